The maximum atomic E-state index is 14.0. The number of nitro benzene ring substituents is 1. The molecule has 1 atom stereocenters. The van der Waals surface area contributed by atoms with Crippen LogP contribution in [0.3, 0.4) is 0 Å². The SMILES string of the molecule is CC(NC(=O)CN1CN(c2ccccc2)C2(CCN(C(=O)/C=C/c3ccc([N+](=O)[O-])cc3)CC2)C1=O)c1ccccc1. The fourth-order valence-corrected chi connectivity index (χ4v) is 5.68. The molecule has 216 valence electrons. The average molecular weight is 568 g/mol. The van der Waals surface area contributed by atoms with Crippen molar-refractivity contribution < 1.29 is 19.3 Å². The van der Waals surface area contributed by atoms with Crippen LogP contribution in [-0.2, 0) is 14.4 Å². The lowest BCUT2D eigenvalue weighted by Gasteiger charge is -2.43. The van der Waals surface area contributed by atoms with Gasteiger partial charge in [0.15, 0.2) is 0 Å². The van der Waals surface area contributed by atoms with Gasteiger partial charge in [0.25, 0.3) is 11.6 Å². The lowest BCUT2D eigenvalue weighted by Crippen LogP contribution is -2.57. The predicted octanol–water partition coefficient (Wildman–Crippen LogP) is 4.15. The van der Waals surface area contributed by atoms with Gasteiger partial charge in [-0.05, 0) is 61.2 Å². The van der Waals surface area contributed by atoms with Crippen molar-refractivity contribution in [3.05, 3.63) is 112 Å². The van der Waals surface area contributed by atoms with Gasteiger partial charge in [-0.3, -0.25) is 24.5 Å². The second-order valence-electron chi connectivity index (χ2n) is 10.6. The number of nitro groups is 1. The molecule has 0 radical (unpaired) electrons. The molecule has 2 aliphatic heterocycles. The Morgan fingerprint density at radius 3 is 2.21 bits per heavy atom. The maximum Gasteiger partial charge on any atom is 0.269 e. The van der Waals surface area contributed by atoms with E-state index in [1.165, 1.54) is 18.2 Å². The van der Waals surface area contributed by atoms with Crippen LogP contribution in [-0.4, -0.2) is 64.3 Å². The highest BCUT2D eigenvalue weighted by molar-refractivity contribution is 5.97. The molecule has 10 nitrogen and oxygen atoms in total. The second-order valence-corrected chi connectivity index (χ2v) is 10.6. The van der Waals surface area contributed by atoms with E-state index in [9.17, 15) is 24.5 Å². The number of amides is 3. The molecule has 2 aliphatic rings. The Labute approximate surface area is 244 Å². The average Bonchev–Trinajstić information content (AvgIpc) is 3.27. The Kier molecular flexibility index (Phi) is 8.33. The maximum absolute atomic E-state index is 14.0. The quantitative estimate of drug-likeness (QED) is 0.248. The third-order valence-electron chi connectivity index (χ3n) is 8.02. The molecule has 0 saturated carbocycles. The van der Waals surface area contributed by atoms with Crippen LogP contribution in [0.1, 0.15) is 36.9 Å². The zero-order chi connectivity index (χ0) is 29.7. The minimum absolute atomic E-state index is 0.0127. The summed E-state index contributed by atoms with van der Waals surface area (Å²) in [6, 6.07) is 25.1. The van der Waals surface area contributed by atoms with Gasteiger partial charge in [0.1, 0.15) is 12.1 Å². The molecular formula is C32H33N5O5. The summed E-state index contributed by atoms with van der Waals surface area (Å²) in [6.45, 7) is 2.90. The fraction of sp³-hybridized carbons (Fsp3) is 0.281. The Morgan fingerprint density at radius 1 is 0.976 bits per heavy atom. The summed E-state index contributed by atoms with van der Waals surface area (Å²) in [7, 11) is 0. The molecule has 1 N–H and O–H groups in total. The Morgan fingerprint density at radius 2 is 1.60 bits per heavy atom. The van der Waals surface area contributed by atoms with Gasteiger partial charge in [0.2, 0.25) is 11.8 Å². The van der Waals surface area contributed by atoms with Crippen molar-refractivity contribution in [2.24, 2.45) is 0 Å². The van der Waals surface area contributed by atoms with Crippen molar-refractivity contribution >= 4 is 35.2 Å². The van der Waals surface area contributed by atoms with Crippen LogP contribution in [0.15, 0.2) is 91.0 Å². The highest BCUT2D eigenvalue weighted by atomic mass is 16.6. The van der Waals surface area contributed by atoms with E-state index in [1.54, 1.807) is 28.0 Å². The van der Waals surface area contributed by atoms with Crippen LogP contribution < -0.4 is 10.2 Å². The molecule has 2 fully saturated rings. The number of piperidine rings is 1. The summed E-state index contributed by atoms with van der Waals surface area (Å²) in [4.78, 5) is 55.7. The van der Waals surface area contributed by atoms with E-state index in [2.05, 4.69) is 10.2 Å². The second kappa shape index (κ2) is 12.3. The molecular weight excluding hydrogens is 534 g/mol. The molecule has 5 rings (SSSR count). The van der Waals surface area contributed by atoms with Crippen molar-refractivity contribution in [2.45, 2.75) is 31.3 Å². The molecule has 2 saturated heterocycles. The van der Waals surface area contributed by atoms with Crippen LogP contribution >= 0.6 is 0 Å². The van der Waals surface area contributed by atoms with Crippen molar-refractivity contribution in [1.29, 1.82) is 0 Å². The lowest BCUT2D eigenvalue weighted by atomic mass is 9.85. The highest BCUT2D eigenvalue weighted by Gasteiger charge is 2.54. The number of benzene rings is 3. The Bertz CT molecular complexity index is 1470. The number of nitrogens with zero attached hydrogens (tertiary/aromatic N) is 4. The lowest BCUT2D eigenvalue weighted by molar-refractivity contribution is -0.384. The summed E-state index contributed by atoms with van der Waals surface area (Å²) in [5, 5.41) is 13.9. The number of non-ortho nitro benzene ring substituents is 1. The van der Waals surface area contributed by atoms with Crippen LogP contribution in [0.5, 0.6) is 0 Å². The smallest absolute Gasteiger partial charge is 0.269 e. The van der Waals surface area contributed by atoms with Gasteiger partial charge >= 0.3 is 0 Å². The van der Waals surface area contributed by atoms with E-state index >= 15 is 0 Å². The Balaban J connectivity index is 1.26. The zero-order valence-electron chi connectivity index (χ0n) is 23.4. The molecule has 3 amide bonds. The predicted molar refractivity (Wildman–Crippen MR) is 159 cm³/mol. The van der Waals surface area contributed by atoms with Crippen LogP contribution in [0.4, 0.5) is 11.4 Å². The van der Waals surface area contributed by atoms with Gasteiger partial charge in [-0.25, -0.2) is 0 Å². The van der Waals surface area contributed by atoms with E-state index < -0.39 is 10.5 Å². The van der Waals surface area contributed by atoms with E-state index in [0.29, 0.717) is 31.5 Å². The summed E-state index contributed by atoms with van der Waals surface area (Å²) in [5.41, 5.74) is 1.69. The van der Waals surface area contributed by atoms with Gasteiger partial charge in [0.05, 0.1) is 17.6 Å². The first-order valence-electron chi connectivity index (χ1n) is 13.9. The third kappa shape index (κ3) is 6.02. The van der Waals surface area contributed by atoms with Crippen LogP contribution in [0.25, 0.3) is 6.08 Å². The van der Waals surface area contributed by atoms with Crippen LogP contribution in [0, 0.1) is 10.1 Å². The molecule has 3 aromatic rings. The summed E-state index contributed by atoms with van der Waals surface area (Å²) in [6.07, 6.45) is 3.94. The number of para-hydroxylation sites is 1. The molecule has 42 heavy (non-hydrogen) atoms. The van der Waals surface area contributed by atoms with Gasteiger partial charge < -0.3 is 20.0 Å². The first-order chi connectivity index (χ1) is 20.3. The zero-order valence-corrected chi connectivity index (χ0v) is 23.4. The molecule has 0 bridgehead atoms. The molecule has 1 spiro atoms. The number of hydrogen-bond donors (Lipinski definition) is 1. The van der Waals surface area contributed by atoms with Crippen molar-refractivity contribution in [3.8, 4) is 0 Å². The van der Waals surface area contributed by atoms with Gasteiger partial charge in [-0.2, -0.15) is 0 Å². The molecule has 3 aromatic carbocycles. The van der Waals surface area contributed by atoms with Gasteiger partial charge in [-0.1, -0.05) is 48.5 Å². The van der Waals surface area contributed by atoms with Gasteiger partial charge in [-0.15, -0.1) is 0 Å². The standard InChI is InChI=1S/C32H33N5O5/c1-24(26-8-4-2-5-9-26)33-29(38)22-35-23-36(27-10-6-3-7-11-27)32(31(35)40)18-20-34(21-19-32)30(39)17-14-25-12-15-28(16-13-25)37(41)42/h2-17,24H,18-23H2,1H3,(H,33,38)/b17-14+. The summed E-state index contributed by atoms with van der Waals surface area (Å²) < 4.78 is 0. The van der Waals surface area contributed by atoms with Crippen LogP contribution in [0.2, 0.25) is 0 Å². The fourth-order valence-electron chi connectivity index (χ4n) is 5.68. The first kappa shape index (κ1) is 28.5. The summed E-state index contributed by atoms with van der Waals surface area (Å²) >= 11 is 0. The third-order valence-corrected chi connectivity index (χ3v) is 8.02. The minimum Gasteiger partial charge on any atom is -0.348 e. The van der Waals surface area contributed by atoms with E-state index in [1.807, 2.05) is 67.6 Å². The number of anilines is 1. The number of carbonyl (C=O) groups is 3. The largest absolute Gasteiger partial charge is 0.348 e. The van der Waals surface area contributed by atoms with Crippen molar-refractivity contribution in [3.63, 3.8) is 0 Å². The van der Waals surface area contributed by atoms with E-state index in [4.69, 9.17) is 0 Å². The van der Waals surface area contributed by atoms with E-state index in [0.717, 1.165) is 11.3 Å². The normalized spacial score (nSPS) is 17.1. The number of nitrogens with one attached hydrogen (secondary N) is 1. The summed E-state index contributed by atoms with van der Waals surface area (Å²) in [5.74, 6) is -0.526. The molecule has 1 unspecified atom stereocenters. The number of hydrogen-bond acceptors (Lipinski definition) is 6. The first-order valence-corrected chi connectivity index (χ1v) is 13.9. The monoisotopic (exact) mass is 567 g/mol. The molecule has 10 heteroatoms. The van der Waals surface area contributed by atoms with E-state index in [-0.39, 0.29) is 42.7 Å². The van der Waals surface area contributed by atoms with Crippen molar-refractivity contribution in [2.75, 3.05) is 31.2 Å². The van der Waals surface area contributed by atoms with Crippen molar-refractivity contribution in [1.82, 2.24) is 15.1 Å². The topological polar surface area (TPSA) is 116 Å². The number of likely N-dealkylation sites (tertiary alicyclic amines) is 1. The highest BCUT2D eigenvalue weighted by Crippen LogP contribution is 2.39. The number of carbonyl (C=O) groups excluding carboxylic acids is 3. The molecule has 2 heterocycles. The van der Waals surface area contributed by atoms with Gasteiger partial charge in [0, 0.05) is 37.0 Å². The number of rotatable bonds is 8. The molecule has 0 aliphatic carbocycles. The molecule has 0 aromatic heterocycles. The minimum atomic E-state index is -0.856. The Hall–Kier alpha value is -4.99.